The van der Waals surface area contributed by atoms with Crippen molar-refractivity contribution in [2.24, 2.45) is 0 Å². The lowest BCUT2D eigenvalue weighted by atomic mass is 10.3. The zero-order valence-electron chi connectivity index (χ0n) is 7.39. The molecule has 0 N–H and O–H groups in total. The fraction of sp³-hybridized carbons (Fsp3) is 0.300. The standard InChI is InChI=1S/C10H11BrClO/c1-3-7(2)13-9-6-4-5-8(11)10(9)12/h4-7H,1,3H2,2H3/t7-/m0/s1. The van der Waals surface area contributed by atoms with E-state index in [1.54, 1.807) is 0 Å². The van der Waals surface area contributed by atoms with E-state index in [2.05, 4.69) is 22.9 Å². The molecular formula is C10H11BrClO. The largest absolute Gasteiger partial charge is 0.489 e. The van der Waals surface area contributed by atoms with Gasteiger partial charge in [-0.05, 0) is 48.3 Å². The quantitative estimate of drug-likeness (QED) is 0.797. The number of halogens is 2. The average Bonchev–Trinajstić information content (AvgIpc) is 2.13. The number of ether oxygens (including phenoxy) is 1. The van der Waals surface area contributed by atoms with Gasteiger partial charge in [0.05, 0.1) is 11.1 Å². The van der Waals surface area contributed by atoms with Crippen LogP contribution in [0.25, 0.3) is 0 Å². The van der Waals surface area contributed by atoms with E-state index in [1.807, 2.05) is 25.1 Å². The van der Waals surface area contributed by atoms with E-state index in [9.17, 15) is 0 Å². The molecule has 0 aliphatic rings. The minimum absolute atomic E-state index is 0.0896. The van der Waals surface area contributed by atoms with Crippen molar-refractivity contribution in [1.82, 2.24) is 0 Å². The number of rotatable bonds is 3. The Labute approximate surface area is 92.2 Å². The second-order valence-corrected chi connectivity index (χ2v) is 4.00. The summed E-state index contributed by atoms with van der Waals surface area (Å²) in [6, 6.07) is 5.62. The maximum atomic E-state index is 6.00. The van der Waals surface area contributed by atoms with Crippen molar-refractivity contribution in [3.8, 4) is 5.75 Å². The lowest BCUT2D eigenvalue weighted by Gasteiger charge is -2.13. The molecule has 1 rings (SSSR count). The minimum Gasteiger partial charge on any atom is -0.489 e. The maximum Gasteiger partial charge on any atom is 0.139 e. The van der Waals surface area contributed by atoms with Crippen LogP contribution in [0.2, 0.25) is 5.02 Å². The van der Waals surface area contributed by atoms with Gasteiger partial charge >= 0.3 is 0 Å². The number of hydrogen-bond donors (Lipinski definition) is 0. The smallest absolute Gasteiger partial charge is 0.139 e. The first kappa shape index (κ1) is 10.9. The molecule has 0 bridgehead atoms. The van der Waals surface area contributed by atoms with Gasteiger partial charge in [0.2, 0.25) is 0 Å². The maximum absolute atomic E-state index is 6.00. The Morgan fingerprint density at radius 3 is 2.92 bits per heavy atom. The monoisotopic (exact) mass is 261 g/mol. The number of hydrogen-bond acceptors (Lipinski definition) is 1. The summed E-state index contributed by atoms with van der Waals surface area (Å²) in [5.74, 6) is 0.701. The van der Waals surface area contributed by atoms with Crippen LogP contribution < -0.4 is 4.74 Å². The van der Waals surface area contributed by atoms with Crippen molar-refractivity contribution in [2.45, 2.75) is 19.4 Å². The summed E-state index contributed by atoms with van der Waals surface area (Å²) >= 11 is 9.33. The Balaban J connectivity index is 2.83. The SMILES string of the molecule is [CH2]C[C@H](C)Oc1cccc(Br)c1Cl. The molecule has 0 spiro atoms. The molecule has 0 aliphatic heterocycles. The molecule has 1 nitrogen and oxygen atoms in total. The Kier molecular flexibility index (Phi) is 4.07. The van der Waals surface area contributed by atoms with Crippen molar-refractivity contribution >= 4 is 27.5 Å². The van der Waals surface area contributed by atoms with Crippen molar-refractivity contribution in [1.29, 1.82) is 0 Å². The third-order valence-electron chi connectivity index (χ3n) is 1.65. The highest BCUT2D eigenvalue weighted by Crippen LogP contribution is 2.32. The lowest BCUT2D eigenvalue weighted by Crippen LogP contribution is -2.10. The molecule has 0 unspecified atom stereocenters. The van der Waals surface area contributed by atoms with Gasteiger partial charge in [0.15, 0.2) is 0 Å². The van der Waals surface area contributed by atoms with Crippen LogP contribution in [-0.4, -0.2) is 6.10 Å². The highest BCUT2D eigenvalue weighted by atomic mass is 79.9. The van der Waals surface area contributed by atoms with Gasteiger partial charge in [0.1, 0.15) is 5.75 Å². The predicted molar refractivity (Wildman–Crippen MR) is 59.2 cm³/mol. The van der Waals surface area contributed by atoms with Gasteiger partial charge in [-0.25, -0.2) is 0 Å². The zero-order valence-corrected chi connectivity index (χ0v) is 9.73. The van der Waals surface area contributed by atoms with Gasteiger partial charge in [-0.2, -0.15) is 0 Å². The molecule has 0 heterocycles. The van der Waals surface area contributed by atoms with Crippen LogP contribution in [0.1, 0.15) is 13.3 Å². The molecule has 0 aliphatic carbocycles. The van der Waals surface area contributed by atoms with Crippen LogP contribution in [0.5, 0.6) is 5.75 Å². The van der Waals surface area contributed by atoms with Crippen LogP contribution in [0, 0.1) is 6.92 Å². The molecule has 0 amide bonds. The molecule has 13 heavy (non-hydrogen) atoms. The number of benzene rings is 1. The Hall–Kier alpha value is -0.210. The molecule has 0 aromatic heterocycles. The molecule has 1 radical (unpaired) electrons. The summed E-state index contributed by atoms with van der Waals surface area (Å²) in [4.78, 5) is 0. The molecule has 1 atom stereocenters. The molecule has 3 heteroatoms. The molecular weight excluding hydrogens is 251 g/mol. The summed E-state index contributed by atoms with van der Waals surface area (Å²) in [7, 11) is 0. The van der Waals surface area contributed by atoms with Crippen LogP contribution >= 0.6 is 27.5 Å². The first-order valence-electron chi connectivity index (χ1n) is 4.05. The van der Waals surface area contributed by atoms with Crippen molar-refractivity contribution in [3.05, 3.63) is 34.6 Å². The highest BCUT2D eigenvalue weighted by Gasteiger charge is 2.07. The molecule has 0 saturated heterocycles. The fourth-order valence-electron chi connectivity index (χ4n) is 0.851. The summed E-state index contributed by atoms with van der Waals surface area (Å²) in [6.45, 7) is 5.72. The molecule has 0 saturated carbocycles. The van der Waals surface area contributed by atoms with Crippen LogP contribution in [0.4, 0.5) is 0 Å². The van der Waals surface area contributed by atoms with Gasteiger partial charge in [-0.1, -0.05) is 17.7 Å². The Morgan fingerprint density at radius 2 is 2.31 bits per heavy atom. The van der Waals surface area contributed by atoms with E-state index in [1.165, 1.54) is 0 Å². The van der Waals surface area contributed by atoms with E-state index >= 15 is 0 Å². The Morgan fingerprint density at radius 1 is 1.62 bits per heavy atom. The van der Waals surface area contributed by atoms with E-state index in [4.69, 9.17) is 16.3 Å². The summed E-state index contributed by atoms with van der Waals surface area (Å²) in [6.07, 6.45) is 0.815. The van der Waals surface area contributed by atoms with Gasteiger partial charge in [0.25, 0.3) is 0 Å². The van der Waals surface area contributed by atoms with E-state index in [-0.39, 0.29) is 6.10 Å². The first-order chi connectivity index (χ1) is 6.15. The van der Waals surface area contributed by atoms with E-state index in [0.29, 0.717) is 10.8 Å². The first-order valence-corrected chi connectivity index (χ1v) is 5.22. The average molecular weight is 263 g/mol. The zero-order chi connectivity index (χ0) is 9.84. The summed E-state index contributed by atoms with van der Waals surface area (Å²) < 4.78 is 6.40. The van der Waals surface area contributed by atoms with Gasteiger partial charge in [-0.3, -0.25) is 0 Å². The molecule has 1 aromatic rings. The van der Waals surface area contributed by atoms with Gasteiger partial charge < -0.3 is 4.74 Å². The van der Waals surface area contributed by atoms with Gasteiger partial charge in [0, 0.05) is 4.47 Å². The second-order valence-electron chi connectivity index (χ2n) is 2.77. The third kappa shape index (κ3) is 2.89. The van der Waals surface area contributed by atoms with Crippen LogP contribution in [-0.2, 0) is 0 Å². The molecule has 71 valence electrons. The Bertz CT molecular complexity index is 288. The van der Waals surface area contributed by atoms with Gasteiger partial charge in [-0.15, -0.1) is 0 Å². The van der Waals surface area contributed by atoms with E-state index < -0.39 is 0 Å². The van der Waals surface area contributed by atoms with E-state index in [0.717, 1.165) is 10.9 Å². The topological polar surface area (TPSA) is 9.23 Å². The molecule has 1 aromatic carbocycles. The molecule has 0 fully saturated rings. The normalized spacial score (nSPS) is 12.6. The lowest BCUT2D eigenvalue weighted by molar-refractivity contribution is 0.224. The van der Waals surface area contributed by atoms with Crippen molar-refractivity contribution in [3.63, 3.8) is 0 Å². The predicted octanol–water partition coefficient (Wildman–Crippen LogP) is 4.09. The summed E-state index contributed by atoms with van der Waals surface area (Å²) in [5, 5.41) is 0.614. The van der Waals surface area contributed by atoms with Crippen LogP contribution in [0.15, 0.2) is 22.7 Å². The van der Waals surface area contributed by atoms with Crippen molar-refractivity contribution in [2.75, 3.05) is 0 Å². The third-order valence-corrected chi connectivity index (χ3v) is 2.93. The fourth-order valence-corrected chi connectivity index (χ4v) is 1.37. The summed E-state index contributed by atoms with van der Waals surface area (Å²) in [5.41, 5.74) is 0. The van der Waals surface area contributed by atoms with Crippen molar-refractivity contribution < 1.29 is 4.74 Å². The minimum atomic E-state index is 0.0896. The van der Waals surface area contributed by atoms with Crippen LogP contribution in [0.3, 0.4) is 0 Å². The highest BCUT2D eigenvalue weighted by molar-refractivity contribution is 9.10. The second kappa shape index (κ2) is 4.87.